The zero-order chi connectivity index (χ0) is 26.6. The summed E-state index contributed by atoms with van der Waals surface area (Å²) in [6.45, 7) is 0. The highest BCUT2D eigenvalue weighted by molar-refractivity contribution is 5.80. The Morgan fingerprint density at radius 2 is 1.00 bits per heavy atom. The smallest absolute Gasteiger partial charge is 0.322 e. The molecule has 0 spiro atoms. The Hall–Kier alpha value is -4.44. The fourth-order valence-corrected chi connectivity index (χ4v) is 3.17. The largest absolute Gasteiger partial charge is 0.481 e. The molecule has 16 nitrogen and oxygen atoms in total. The zero-order valence-corrected chi connectivity index (χ0v) is 19.3. The summed E-state index contributed by atoms with van der Waals surface area (Å²) < 4.78 is 22.1. The number of urea groups is 2. The van der Waals surface area contributed by atoms with Gasteiger partial charge in [-0.15, -0.1) is 0 Å². The molecule has 0 bridgehead atoms. The second kappa shape index (κ2) is 12.9. The predicted molar refractivity (Wildman–Crippen MR) is 119 cm³/mol. The maximum atomic E-state index is 12.3. The summed E-state index contributed by atoms with van der Waals surface area (Å²) in [5.41, 5.74) is 0. The second-order valence-electron chi connectivity index (χ2n) is 7.22. The van der Waals surface area contributed by atoms with Crippen LogP contribution in [0.1, 0.15) is 12.8 Å². The molecule has 0 aromatic heterocycles. The van der Waals surface area contributed by atoms with E-state index in [9.17, 15) is 29.4 Å². The molecule has 0 aromatic carbocycles. The number of nitrogens with one attached hydrogen (secondary N) is 6. The standard InChI is InChI=1S/C20H28N6O10/c1-21-19(33-7-3-23-17(31)24-4-8-34-19)11-13(15(27)28)14(16(29)30)12-20(22-2)35-9-5-25-18(32)26-6-10-36-20/h3-10,13-14,21-22H,11-12H2,1-2H3,(H,27,28)(H,29,30)(H2,23,24,31)(H2,25,26,32). The van der Waals surface area contributed by atoms with Gasteiger partial charge in [0.15, 0.2) is 0 Å². The Bertz CT molecular complexity index is 820. The summed E-state index contributed by atoms with van der Waals surface area (Å²) >= 11 is 0. The normalized spacial score (nSPS) is 25.6. The van der Waals surface area contributed by atoms with Crippen LogP contribution < -0.4 is 31.9 Å². The van der Waals surface area contributed by atoms with Gasteiger partial charge in [-0.25, -0.2) is 20.2 Å². The van der Waals surface area contributed by atoms with Crippen LogP contribution in [0.3, 0.4) is 0 Å². The summed E-state index contributed by atoms with van der Waals surface area (Å²) in [4.78, 5) is 47.5. The van der Waals surface area contributed by atoms with E-state index in [1.54, 1.807) is 0 Å². The van der Waals surface area contributed by atoms with Crippen molar-refractivity contribution in [3.8, 4) is 0 Å². The molecule has 2 heterocycles. The lowest BCUT2D eigenvalue weighted by Gasteiger charge is -2.37. The molecule has 0 aliphatic carbocycles. The molecule has 0 fully saturated rings. The Balaban J connectivity index is 2.37. The van der Waals surface area contributed by atoms with E-state index in [-0.39, 0.29) is 0 Å². The average Bonchev–Trinajstić information content (AvgIpc) is 2.85. The molecule has 2 rings (SSSR count). The molecular formula is C20H28N6O10. The Morgan fingerprint density at radius 3 is 1.22 bits per heavy atom. The number of amides is 4. The quantitative estimate of drug-likeness (QED) is 0.196. The highest BCUT2D eigenvalue weighted by Gasteiger charge is 2.48. The van der Waals surface area contributed by atoms with Crippen molar-refractivity contribution in [3.63, 3.8) is 0 Å². The minimum Gasteiger partial charge on any atom is -0.481 e. The Morgan fingerprint density at radius 1 is 0.722 bits per heavy atom. The van der Waals surface area contributed by atoms with Gasteiger partial charge in [0.25, 0.3) is 0 Å². The molecule has 0 saturated heterocycles. The lowest BCUT2D eigenvalue weighted by molar-refractivity contribution is -0.225. The molecule has 2 unspecified atom stereocenters. The number of hydrogen-bond donors (Lipinski definition) is 8. The predicted octanol–water partition coefficient (Wildman–Crippen LogP) is -0.509. The summed E-state index contributed by atoms with van der Waals surface area (Å²) in [6.07, 6.45) is 7.70. The third-order valence-corrected chi connectivity index (χ3v) is 5.02. The van der Waals surface area contributed by atoms with Gasteiger partial charge in [-0.3, -0.25) is 9.59 Å². The van der Waals surface area contributed by atoms with Crippen molar-refractivity contribution in [2.24, 2.45) is 11.8 Å². The van der Waals surface area contributed by atoms with Crippen molar-refractivity contribution in [3.05, 3.63) is 49.8 Å². The molecule has 2 aliphatic heterocycles. The first-order valence-corrected chi connectivity index (χ1v) is 10.4. The van der Waals surface area contributed by atoms with Crippen LogP contribution in [0, 0.1) is 11.8 Å². The van der Waals surface area contributed by atoms with Crippen LogP contribution in [0.25, 0.3) is 0 Å². The molecule has 8 N–H and O–H groups in total. The van der Waals surface area contributed by atoms with Crippen molar-refractivity contribution in [1.82, 2.24) is 31.9 Å². The summed E-state index contributed by atoms with van der Waals surface area (Å²) in [5.74, 6) is -9.83. The first-order chi connectivity index (χ1) is 17.2. The van der Waals surface area contributed by atoms with Gasteiger partial charge >= 0.3 is 35.8 Å². The van der Waals surface area contributed by atoms with E-state index in [0.717, 1.165) is 49.8 Å². The average molecular weight is 512 g/mol. The number of carboxylic acid groups (broad SMARTS) is 2. The van der Waals surface area contributed by atoms with E-state index in [2.05, 4.69) is 31.9 Å². The number of ether oxygens (including phenoxy) is 4. The van der Waals surface area contributed by atoms with Crippen LogP contribution in [-0.4, -0.2) is 60.1 Å². The fraction of sp³-hybridized carbons (Fsp3) is 0.400. The van der Waals surface area contributed by atoms with Crippen LogP contribution >= 0.6 is 0 Å². The Kier molecular flexibility index (Phi) is 9.93. The monoisotopic (exact) mass is 512 g/mol. The van der Waals surface area contributed by atoms with E-state index >= 15 is 0 Å². The van der Waals surface area contributed by atoms with Gasteiger partial charge in [0.1, 0.15) is 25.0 Å². The van der Waals surface area contributed by atoms with Gasteiger partial charge < -0.3 is 50.4 Å². The maximum Gasteiger partial charge on any atom is 0.322 e. The lowest BCUT2D eigenvalue weighted by Crippen LogP contribution is -2.53. The molecule has 2 aliphatic rings. The maximum absolute atomic E-state index is 12.3. The van der Waals surface area contributed by atoms with Crippen molar-refractivity contribution < 1.29 is 48.3 Å². The van der Waals surface area contributed by atoms with Crippen LogP contribution in [0.2, 0.25) is 0 Å². The minimum atomic E-state index is -1.84. The SMILES string of the molecule is CNC1(CC(C(=O)O)C(CC2(NC)OC=CNC(=O)NC=CO2)C(=O)O)OC=CNC(=O)NC=CO1. The van der Waals surface area contributed by atoms with E-state index in [1.165, 1.54) is 14.1 Å². The molecule has 0 saturated carbocycles. The van der Waals surface area contributed by atoms with E-state index < -0.39 is 60.5 Å². The summed E-state index contributed by atoms with van der Waals surface area (Å²) in [5, 5.41) is 34.7. The molecular weight excluding hydrogens is 484 g/mol. The minimum absolute atomic E-state index is 0.512. The number of carbonyl (C=O) groups excluding carboxylic acids is 2. The number of hydrogen-bond acceptors (Lipinski definition) is 10. The number of rotatable bonds is 9. The Labute approximate surface area is 205 Å². The highest BCUT2D eigenvalue weighted by Crippen LogP contribution is 2.33. The van der Waals surface area contributed by atoms with E-state index in [1.807, 2.05) is 0 Å². The van der Waals surface area contributed by atoms with E-state index in [4.69, 9.17) is 18.9 Å². The number of carbonyl (C=O) groups is 4. The first kappa shape index (κ1) is 27.8. The van der Waals surface area contributed by atoms with Gasteiger partial charge in [0, 0.05) is 24.8 Å². The lowest BCUT2D eigenvalue weighted by atomic mass is 9.84. The van der Waals surface area contributed by atoms with Crippen molar-refractivity contribution in [2.75, 3.05) is 14.1 Å². The second-order valence-corrected chi connectivity index (χ2v) is 7.22. The van der Waals surface area contributed by atoms with Gasteiger partial charge in [-0.05, 0) is 14.1 Å². The fourth-order valence-electron chi connectivity index (χ4n) is 3.17. The van der Waals surface area contributed by atoms with Gasteiger partial charge in [0.05, 0.1) is 24.7 Å². The first-order valence-electron chi connectivity index (χ1n) is 10.4. The molecule has 4 amide bonds. The van der Waals surface area contributed by atoms with Crippen LogP contribution in [-0.2, 0) is 28.5 Å². The van der Waals surface area contributed by atoms with Crippen molar-refractivity contribution in [1.29, 1.82) is 0 Å². The van der Waals surface area contributed by atoms with Crippen LogP contribution in [0.15, 0.2) is 49.8 Å². The third kappa shape index (κ3) is 7.81. The molecule has 0 aromatic rings. The van der Waals surface area contributed by atoms with Crippen LogP contribution in [0.4, 0.5) is 9.59 Å². The van der Waals surface area contributed by atoms with Gasteiger partial charge in [-0.1, -0.05) is 0 Å². The summed E-state index contributed by atoms with van der Waals surface area (Å²) in [6, 6.07) is -1.16. The van der Waals surface area contributed by atoms with Crippen LogP contribution in [0.5, 0.6) is 0 Å². The molecule has 0 radical (unpaired) electrons. The highest BCUT2D eigenvalue weighted by atomic mass is 16.7. The van der Waals surface area contributed by atoms with E-state index in [0.29, 0.717) is 0 Å². The number of carboxylic acids is 2. The number of aliphatic carboxylic acids is 2. The third-order valence-electron chi connectivity index (χ3n) is 5.02. The zero-order valence-electron chi connectivity index (χ0n) is 19.3. The van der Waals surface area contributed by atoms with Crippen molar-refractivity contribution in [2.45, 2.75) is 24.7 Å². The van der Waals surface area contributed by atoms with Gasteiger partial charge in [0.2, 0.25) is 0 Å². The molecule has 16 heteroatoms. The molecule has 2 atom stereocenters. The summed E-state index contributed by atoms with van der Waals surface area (Å²) in [7, 11) is 2.82. The van der Waals surface area contributed by atoms with Gasteiger partial charge in [-0.2, -0.15) is 0 Å². The topological polar surface area (TPSA) is 218 Å². The molecule has 198 valence electrons. The van der Waals surface area contributed by atoms with Crippen molar-refractivity contribution >= 4 is 24.0 Å². The molecule has 36 heavy (non-hydrogen) atoms.